The standard InChI is InChI=1S/C22H34N6O6/c1-14(18(30)26-16-10-5-11-28(20(16)32)21(23)24)25-19(31)17(13-29)27-22(33)34-12-6-9-15-7-3-2-4-8-15/h2-4,7-8,14,16-17,20,29,32H,5-6,9-13H2,1H3,(H3,23,24)(H,25,31)(H,26,30)(H,27,33)/t14-,16-,17+,20?/m0/s1. The fraction of sp³-hybridized carbons (Fsp3) is 0.545. The van der Waals surface area contributed by atoms with Crippen molar-refractivity contribution in [2.24, 2.45) is 5.73 Å². The van der Waals surface area contributed by atoms with Crippen molar-refractivity contribution in [3.63, 3.8) is 0 Å². The van der Waals surface area contributed by atoms with Crippen molar-refractivity contribution < 1.29 is 29.3 Å². The fourth-order valence-electron chi connectivity index (χ4n) is 3.54. The summed E-state index contributed by atoms with van der Waals surface area (Å²) in [6.07, 6.45) is 0.416. The molecular formula is C22H34N6O6. The van der Waals surface area contributed by atoms with Crippen LogP contribution in [0.2, 0.25) is 0 Å². The third-order valence-electron chi connectivity index (χ3n) is 5.46. The van der Waals surface area contributed by atoms with Gasteiger partial charge < -0.3 is 41.5 Å². The van der Waals surface area contributed by atoms with E-state index in [9.17, 15) is 24.6 Å². The van der Waals surface area contributed by atoms with E-state index in [1.807, 2.05) is 30.3 Å². The summed E-state index contributed by atoms with van der Waals surface area (Å²) in [4.78, 5) is 38.1. The van der Waals surface area contributed by atoms with Gasteiger partial charge in [-0.15, -0.1) is 0 Å². The number of ether oxygens (including phenoxy) is 1. The number of amides is 3. The van der Waals surface area contributed by atoms with E-state index in [0.29, 0.717) is 25.8 Å². The topological polar surface area (TPSA) is 190 Å². The van der Waals surface area contributed by atoms with E-state index in [2.05, 4.69) is 16.0 Å². The van der Waals surface area contributed by atoms with E-state index in [1.54, 1.807) is 0 Å². The minimum atomic E-state index is -1.30. The quantitative estimate of drug-likeness (QED) is 0.127. The van der Waals surface area contributed by atoms with Gasteiger partial charge in [0.15, 0.2) is 5.96 Å². The molecule has 34 heavy (non-hydrogen) atoms. The fourth-order valence-corrected chi connectivity index (χ4v) is 3.54. The van der Waals surface area contributed by atoms with Gasteiger partial charge in [0.05, 0.1) is 19.3 Å². The molecule has 1 unspecified atom stereocenters. The molecule has 1 aromatic rings. The molecule has 0 radical (unpaired) electrons. The first-order valence-electron chi connectivity index (χ1n) is 11.2. The number of guanidine groups is 1. The molecule has 188 valence electrons. The number of piperidine rings is 1. The van der Waals surface area contributed by atoms with Gasteiger partial charge in [-0.25, -0.2) is 4.79 Å². The van der Waals surface area contributed by atoms with Crippen LogP contribution in [0.3, 0.4) is 0 Å². The molecule has 12 nitrogen and oxygen atoms in total. The number of aliphatic hydroxyl groups excluding tert-OH is 2. The molecule has 1 heterocycles. The Morgan fingerprint density at radius 1 is 1.24 bits per heavy atom. The van der Waals surface area contributed by atoms with Gasteiger partial charge in [0.1, 0.15) is 18.3 Å². The number of hydrogen-bond donors (Lipinski definition) is 7. The van der Waals surface area contributed by atoms with E-state index >= 15 is 0 Å². The molecule has 0 spiro atoms. The Kier molecular flexibility index (Phi) is 10.6. The number of benzene rings is 1. The van der Waals surface area contributed by atoms with Gasteiger partial charge in [0.2, 0.25) is 11.8 Å². The molecule has 2 rings (SSSR count). The number of nitrogens with one attached hydrogen (secondary N) is 4. The van der Waals surface area contributed by atoms with Gasteiger partial charge >= 0.3 is 6.09 Å². The maximum atomic E-state index is 12.5. The number of carbonyl (C=O) groups excluding carboxylic acids is 3. The monoisotopic (exact) mass is 478 g/mol. The highest BCUT2D eigenvalue weighted by Crippen LogP contribution is 2.15. The van der Waals surface area contributed by atoms with E-state index in [-0.39, 0.29) is 12.6 Å². The van der Waals surface area contributed by atoms with E-state index in [0.717, 1.165) is 12.0 Å². The first kappa shape index (κ1) is 26.9. The summed E-state index contributed by atoms with van der Waals surface area (Å²) in [5.41, 5.74) is 6.55. The molecule has 1 aliphatic heterocycles. The summed E-state index contributed by atoms with van der Waals surface area (Å²) in [6, 6.07) is 6.73. The molecule has 8 N–H and O–H groups in total. The Morgan fingerprint density at radius 3 is 2.59 bits per heavy atom. The molecule has 12 heteroatoms. The molecule has 1 aliphatic rings. The van der Waals surface area contributed by atoms with Crippen molar-refractivity contribution >= 4 is 23.9 Å². The number of aryl methyl sites for hydroxylation is 1. The summed E-state index contributed by atoms with van der Waals surface area (Å²) in [5, 5.41) is 34.6. The number of hydrogen-bond acceptors (Lipinski definition) is 7. The van der Waals surface area contributed by atoms with Gasteiger partial charge in [-0.3, -0.25) is 15.0 Å². The number of alkyl carbamates (subject to hydrolysis) is 1. The first-order chi connectivity index (χ1) is 16.2. The van der Waals surface area contributed by atoms with Crippen LogP contribution in [0.25, 0.3) is 0 Å². The highest BCUT2D eigenvalue weighted by Gasteiger charge is 2.33. The Balaban J connectivity index is 1.75. The SMILES string of the molecule is C[C@H](NC(=O)[C@@H](CO)NC(=O)OCCCc1ccccc1)C(=O)N[C@H]1CCCN(C(=N)N)C1O. The van der Waals surface area contributed by atoms with Crippen LogP contribution in [0, 0.1) is 5.41 Å². The summed E-state index contributed by atoms with van der Waals surface area (Å²) >= 11 is 0. The molecule has 0 saturated carbocycles. The average Bonchev–Trinajstić information content (AvgIpc) is 2.81. The predicted octanol–water partition coefficient (Wildman–Crippen LogP) is -0.997. The predicted molar refractivity (Wildman–Crippen MR) is 124 cm³/mol. The molecule has 3 amide bonds. The third-order valence-corrected chi connectivity index (χ3v) is 5.46. The van der Waals surface area contributed by atoms with Gasteiger partial charge in [-0.05, 0) is 38.2 Å². The van der Waals surface area contributed by atoms with E-state index < -0.39 is 48.9 Å². The minimum absolute atomic E-state index is 0.139. The van der Waals surface area contributed by atoms with Crippen LogP contribution in [-0.2, 0) is 20.7 Å². The molecule has 1 saturated heterocycles. The number of likely N-dealkylation sites (tertiary alicyclic amines) is 1. The number of aliphatic hydroxyl groups is 2. The van der Waals surface area contributed by atoms with Gasteiger partial charge in [-0.2, -0.15) is 0 Å². The third kappa shape index (κ3) is 8.19. The number of nitrogens with zero attached hydrogens (tertiary/aromatic N) is 1. The van der Waals surface area contributed by atoms with Crippen molar-refractivity contribution in [1.82, 2.24) is 20.9 Å². The van der Waals surface area contributed by atoms with Crippen LogP contribution >= 0.6 is 0 Å². The lowest BCUT2D eigenvalue weighted by atomic mass is 10.0. The zero-order valence-corrected chi connectivity index (χ0v) is 19.2. The molecule has 0 aromatic heterocycles. The van der Waals surface area contributed by atoms with Crippen LogP contribution in [0.1, 0.15) is 31.7 Å². The second-order valence-electron chi connectivity index (χ2n) is 8.08. The lowest BCUT2D eigenvalue weighted by Gasteiger charge is -2.38. The van der Waals surface area contributed by atoms with Crippen molar-refractivity contribution in [2.45, 2.75) is 57.0 Å². The molecule has 0 bridgehead atoms. The summed E-state index contributed by atoms with van der Waals surface area (Å²) in [6.45, 7) is 1.29. The largest absolute Gasteiger partial charge is 0.450 e. The molecule has 1 fully saturated rings. The Labute approximate surface area is 198 Å². The van der Waals surface area contributed by atoms with Crippen LogP contribution in [-0.4, -0.2) is 83.1 Å². The average molecular weight is 479 g/mol. The summed E-state index contributed by atoms with van der Waals surface area (Å²) < 4.78 is 5.06. The number of carbonyl (C=O) groups is 3. The molecular weight excluding hydrogens is 444 g/mol. The summed E-state index contributed by atoms with van der Waals surface area (Å²) in [5.74, 6) is -1.62. The highest BCUT2D eigenvalue weighted by molar-refractivity contribution is 5.91. The second kappa shape index (κ2) is 13.4. The maximum Gasteiger partial charge on any atom is 0.407 e. The van der Waals surface area contributed by atoms with Crippen LogP contribution < -0.4 is 21.7 Å². The van der Waals surface area contributed by atoms with Crippen LogP contribution in [0.4, 0.5) is 4.79 Å². The van der Waals surface area contributed by atoms with Crippen LogP contribution in [0.5, 0.6) is 0 Å². The zero-order valence-electron chi connectivity index (χ0n) is 19.2. The normalized spacial score (nSPS) is 19.4. The van der Waals surface area contributed by atoms with Gasteiger partial charge in [0.25, 0.3) is 0 Å². The molecule has 4 atom stereocenters. The zero-order chi connectivity index (χ0) is 25.1. The number of nitrogens with two attached hydrogens (primary N) is 1. The first-order valence-corrected chi connectivity index (χ1v) is 11.2. The van der Waals surface area contributed by atoms with E-state index in [1.165, 1.54) is 11.8 Å². The van der Waals surface area contributed by atoms with Crippen molar-refractivity contribution in [3.05, 3.63) is 35.9 Å². The lowest BCUT2D eigenvalue weighted by molar-refractivity contribution is -0.131. The van der Waals surface area contributed by atoms with Crippen molar-refractivity contribution in [1.29, 1.82) is 5.41 Å². The Morgan fingerprint density at radius 2 is 1.94 bits per heavy atom. The van der Waals surface area contributed by atoms with Crippen molar-refractivity contribution in [3.8, 4) is 0 Å². The Bertz CT molecular complexity index is 838. The van der Waals surface area contributed by atoms with Crippen LogP contribution in [0.15, 0.2) is 30.3 Å². The van der Waals surface area contributed by atoms with E-state index in [4.69, 9.17) is 15.9 Å². The highest BCUT2D eigenvalue weighted by atomic mass is 16.5. The maximum absolute atomic E-state index is 12.5. The number of rotatable bonds is 10. The van der Waals surface area contributed by atoms with Gasteiger partial charge in [0, 0.05) is 6.54 Å². The minimum Gasteiger partial charge on any atom is -0.450 e. The smallest absolute Gasteiger partial charge is 0.407 e. The van der Waals surface area contributed by atoms with Gasteiger partial charge in [-0.1, -0.05) is 30.3 Å². The second-order valence-corrected chi connectivity index (χ2v) is 8.08. The molecule has 1 aromatic carbocycles. The molecule has 0 aliphatic carbocycles. The summed E-state index contributed by atoms with van der Waals surface area (Å²) in [7, 11) is 0. The van der Waals surface area contributed by atoms with Crippen molar-refractivity contribution in [2.75, 3.05) is 19.8 Å². The lowest BCUT2D eigenvalue weighted by Crippen LogP contribution is -2.61. The Hall–Kier alpha value is -3.38.